The van der Waals surface area contributed by atoms with Crippen LogP contribution in [0, 0.1) is 17.0 Å². The molecule has 0 bridgehead atoms. The molecule has 15 heavy (non-hydrogen) atoms. The molecule has 0 spiro atoms. The molecule has 0 aromatic carbocycles. The van der Waals surface area contributed by atoms with Gasteiger partial charge in [-0.25, -0.2) is 8.78 Å². The minimum atomic E-state index is -2.77. The number of aromatic nitrogens is 1. The second kappa shape index (κ2) is 4.48. The fourth-order valence-electron chi connectivity index (χ4n) is 1.12. The lowest BCUT2D eigenvalue weighted by molar-refractivity contribution is -0.389. The quantitative estimate of drug-likeness (QED) is 0.461. The molecule has 1 rings (SSSR count). The van der Waals surface area contributed by atoms with Crippen LogP contribution < -0.4 is 0 Å². The molecule has 0 unspecified atom stereocenters. The Morgan fingerprint density at radius 2 is 2.27 bits per heavy atom. The van der Waals surface area contributed by atoms with E-state index in [4.69, 9.17) is 11.6 Å². The molecule has 1 aromatic heterocycles. The number of nitro groups is 1. The zero-order valence-corrected chi connectivity index (χ0v) is 8.46. The largest absolute Gasteiger partial charge is 0.364 e. The van der Waals surface area contributed by atoms with Crippen molar-refractivity contribution >= 4 is 17.4 Å². The highest BCUT2D eigenvalue weighted by Gasteiger charge is 2.22. The molecule has 0 amide bonds. The molecule has 4 nitrogen and oxygen atoms in total. The van der Waals surface area contributed by atoms with Crippen molar-refractivity contribution in [2.45, 2.75) is 19.2 Å². The van der Waals surface area contributed by atoms with Crippen molar-refractivity contribution in [3.63, 3.8) is 0 Å². The maximum atomic E-state index is 12.5. The predicted octanol–water partition coefficient (Wildman–Crippen LogP) is 2.97. The molecule has 1 aromatic rings. The molecule has 0 aliphatic rings. The number of pyridine rings is 1. The monoisotopic (exact) mass is 236 g/mol. The summed E-state index contributed by atoms with van der Waals surface area (Å²) in [4.78, 5) is 13.2. The van der Waals surface area contributed by atoms with E-state index >= 15 is 0 Å². The standard InChI is InChI=1S/C8H7ClF2N2O2/c1-4-5(8(10)11)2-7(13(14)15)12-6(4)3-9/h2,8H,3H2,1H3. The van der Waals surface area contributed by atoms with Gasteiger partial charge in [-0.05, 0) is 16.8 Å². The maximum absolute atomic E-state index is 12.5. The van der Waals surface area contributed by atoms with Crippen LogP contribution in [0.5, 0.6) is 0 Å². The molecule has 0 aliphatic heterocycles. The third-order valence-corrected chi connectivity index (χ3v) is 2.20. The minimum Gasteiger partial charge on any atom is -0.358 e. The van der Waals surface area contributed by atoms with Crippen LogP contribution >= 0.6 is 11.6 Å². The van der Waals surface area contributed by atoms with Crippen molar-refractivity contribution in [1.29, 1.82) is 0 Å². The van der Waals surface area contributed by atoms with E-state index in [0.717, 1.165) is 6.07 Å². The maximum Gasteiger partial charge on any atom is 0.364 e. The topological polar surface area (TPSA) is 56.0 Å². The number of nitrogens with zero attached hydrogens (tertiary/aromatic N) is 2. The Bertz CT molecular complexity index is 398. The fraction of sp³-hybridized carbons (Fsp3) is 0.375. The number of hydrogen-bond donors (Lipinski definition) is 0. The van der Waals surface area contributed by atoms with E-state index < -0.39 is 22.7 Å². The van der Waals surface area contributed by atoms with Crippen LogP contribution in [0.3, 0.4) is 0 Å². The Balaban J connectivity index is 3.38. The van der Waals surface area contributed by atoms with Gasteiger partial charge in [-0.3, -0.25) is 0 Å². The summed E-state index contributed by atoms with van der Waals surface area (Å²) >= 11 is 5.46. The highest BCUT2D eigenvalue weighted by atomic mass is 35.5. The summed E-state index contributed by atoms with van der Waals surface area (Å²) in [5.74, 6) is -0.737. The first-order valence-electron chi connectivity index (χ1n) is 3.96. The Hall–Kier alpha value is -1.30. The van der Waals surface area contributed by atoms with E-state index in [9.17, 15) is 18.9 Å². The van der Waals surface area contributed by atoms with Crippen molar-refractivity contribution in [3.05, 3.63) is 33.0 Å². The van der Waals surface area contributed by atoms with Crippen LogP contribution in [0.1, 0.15) is 23.2 Å². The van der Waals surface area contributed by atoms with Crippen LogP contribution in [-0.4, -0.2) is 9.91 Å². The highest BCUT2D eigenvalue weighted by Crippen LogP contribution is 2.27. The van der Waals surface area contributed by atoms with Gasteiger partial charge in [-0.1, -0.05) is 0 Å². The van der Waals surface area contributed by atoms with E-state index in [1.807, 2.05) is 0 Å². The Morgan fingerprint density at radius 3 is 2.67 bits per heavy atom. The average Bonchev–Trinajstić information content (AvgIpc) is 2.17. The molecule has 82 valence electrons. The first-order valence-corrected chi connectivity index (χ1v) is 4.49. The first kappa shape index (κ1) is 11.8. The molecule has 0 N–H and O–H groups in total. The van der Waals surface area contributed by atoms with Crippen molar-refractivity contribution in [1.82, 2.24) is 4.98 Å². The smallest absolute Gasteiger partial charge is 0.358 e. The summed E-state index contributed by atoms with van der Waals surface area (Å²) in [6, 6.07) is 0.774. The van der Waals surface area contributed by atoms with Gasteiger partial charge < -0.3 is 10.1 Å². The lowest BCUT2D eigenvalue weighted by Crippen LogP contribution is -2.02. The summed E-state index contributed by atoms with van der Waals surface area (Å²) in [5.41, 5.74) is -0.0842. The molecule has 0 fully saturated rings. The zero-order valence-electron chi connectivity index (χ0n) is 7.71. The number of halogens is 3. The van der Waals surface area contributed by atoms with Gasteiger partial charge in [0.05, 0.1) is 5.88 Å². The molecule has 7 heteroatoms. The third kappa shape index (κ3) is 2.38. The number of rotatable bonds is 3. The summed E-state index contributed by atoms with van der Waals surface area (Å²) in [5, 5.41) is 10.4. The molecule has 1 heterocycles. The van der Waals surface area contributed by atoms with Crippen LogP contribution in [-0.2, 0) is 5.88 Å². The minimum absolute atomic E-state index is 0.112. The summed E-state index contributed by atoms with van der Waals surface area (Å²) in [6.07, 6.45) is -2.77. The van der Waals surface area contributed by atoms with Gasteiger partial charge in [0.1, 0.15) is 0 Å². The van der Waals surface area contributed by atoms with Gasteiger partial charge in [0, 0.05) is 17.2 Å². The lowest BCUT2D eigenvalue weighted by atomic mass is 10.1. The van der Waals surface area contributed by atoms with E-state index in [1.165, 1.54) is 6.92 Å². The summed E-state index contributed by atoms with van der Waals surface area (Å²) in [6.45, 7) is 1.41. The normalized spacial score (nSPS) is 10.7. The Morgan fingerprint density at radius 1 is 1.67 bits per heavy atom. The van der Waals surface area contributed by atoms with Gasteiger partial charge in [0.25, 0.3) is 6.43 Å². The van der Waals surface area contributed by atoms with E-state index in [-0.39, 0.29) is 17.1 Å². The lowest BCUT2D eigenvalue weighted by Gasteiger charge is -2.05. The second-order valence-electron chi connectivity index (χ2n) is 2.83. The van der Waals surface area contributed by atoms with Crippen LogP contribution in [0.25, 0.3) is 0 Å². The number of alkyl halides is 3. The van der Waals surface area contributed by atoms with Crippen LogP contribution in [0.2, 0.25) is 0 Å². The van der Waals surface area contributed by atoms with E-state index in [2.05, 4.69) is 4.98 Å². The fourth-order valence-corrected chi connectivity index (χ4v) is 1.38. The molecule has 0 atom stereocenters. The molecular formula is C8H7ClF2N2O2. The van der Waals surface area contributed by atoms with Crippen molar-refractivity contribution in [3.8, 4) is 0 Å². The predicted molar refractivity (Wildman–Crippen MR) is 50.1 cm³/mol. The average molecular weight is 237 g/mol. The van der Waals surface area contributed by atoms with E-state index in [1.54, 1.807) is 0 Å². The highest BCUT2D eigenvalue weighted by molar-refractivity contribution is 6.17. The van der Waals surface area contributed by atoms with Crippen LogP contribution in [0.15, 0.2) is 6.07 Å². The van der Waals surface area contributed by atoms with Crippen molar-refractivity contribution < 1.29 is 13.7 Å². The van der Waals surface area contributed by atoms with Crippen molar-refractivity contribution in [2.24, 2.45) is 0 Å². The zero-order chi connectivity index (χ0) is 11.6. The number of hydrogen-bond acceptors (Lipinski definition) is 3. The van der Waals surface area contributed by atoms with Gasteiger partial charge in [-0.15, -0.1) is 11.6 Å². The third-order valence-electron chi connectivity index (χ3n) is 1.95. The Kier molecular flexibility index (Phi) is 3.52. The van der Waals surface area contributed by atoms with Gasteiger partial charge in [0.15, 0.2) is 5.69 Å². The second-order valence-corrected chi connectivity index (χ2v) is 3.10. The molecule has 0 aliphatic carbocycles. The molecule has 0 saturated heterocycles. The summed E-state index contributed by atoms with van der Waals surface area (Å²) in [7, 11) is 0. The van der Waals surface area contributed by atoms with Crippen LogP contribution in [0.4, 0.5) is 14.6 Å². The summed E-state index contributed by atoms with van der Waals surface area (Å²) < 4.78 is 25.0. The molecular weight excluding hydrogens is 230 g/mol. The Labute approximate surface area is 89.0 Å². The molecule has 0 radical (unpaired) electrons. The molecule has 0 saturated carbocycles. The van der Waals surface area contributed by atoms with E-state index in [0.29, 0.717) is 0 Å². The van der Waals surface area contributed by atoms with Gasteiger partial charge in [0.2, 0.25) is 0 Å². The SMILES string of the molecule is Cc1c(C(F)F)cc([N+](=O)[O-])nc1CCl. The van der Waals surface area contributed by atoms with Gasteiger partial charge in [-0.2, -0.15) is 0 Å². The first-order chi connectivity index (χ1) is 6.97. The van der Waals surface area contributed by atoms with Gasteiger partial charge >= 0.3 is 5.82 Å². The van der Waals surface area contributed by atoms with Crippen molar-refractivity contribution in [2.75, 3.05) is 0 Å².